The molecular formula is C17H23N5O3. The molecule has 2 aromatic heterocycles. The normalized spacial score (nSPS) is 18.8. The van der Waals surface area contributed by atoms with Crippen LogP contribution in [0.25, 0.3) is 0 Å². The summed E-state index contributed by atoms with van der Waals surface area (Å²) in [5.41, 5.74) is 0.845. The number of carbonyl (C=O) groups is 1. The van der Waals surface area contributed by atoms with Crippen LogP contribution in [0.4, 0.5) is 11.8 Å². The summed E-state index contributed by atoms with van der Waals surface area (Å²) in [6, 6.07) is 5.61. The first-order valence-electron chi connectivity index (χ1n) is 8.31. The first-order valence-corrected chi connectivity index (χ1v) is 8.31. The van der Waals surface area contributed by atoms with Crippen LogP contribution in [0, 0.1) is 12.8 Å². The Bertz CT molecular complexity index is 719. The maximum absolute atomic E-state index is 11.7. The maximum atomic E-state index is 11.7. The van der Waals surface area contributed by atoms with Gasteiger partial charge in [0.15, 0.2) is 0 Å². The Morgan fingerprint density at radius 1 is 1.40 bits per heavy atom. The second-order valence-electron chi connectivity index (χ2n) is 6.24. The standard InChI is InChI=1S/C17H23N5O3/c1-12-8-15(18-2)20-17(19-12)22-6-5-21(9-13(10-22)16(23)24)11-14-4-3-7-25-14/h3-4,7-8,13H,5-6,9-11H2,1-2H3,(H,23,24)(H,18,19,20)/t13-/m1/s1. The van der Waals surface area contributed by atoms with Crippen molar-refractivity contribution in [1.82, 2.24) is 14.9 Å². The Morgan fingerprint density at radius 2 is 2.24 bits per heavy atom. The van der Waals surface area contributed by atoms with Crippen molar-refractivity contribution in [3.8, 4) is 0 Å². The highest BCUT2D eigenvalue weighted by atomic mass is 16.4. The smallest absolute Gasteiger partial charge is 0.309 e. The molecule has 134 valence electrons. The van der Waals surface area contributed by atoms with E-state index in [2.05, 4.69) is 20.2 Å². The zero-order chi connectivity index (χ0) is 17.8. The molecule has 2 aromatic rings. The molecule has 0 spiro atoms. The molecule has 1 aliphatic heterocycles. The van der Waals surface area contributed by atoms with Gasteiger partial charge in [-0.15, -0.1) is 0 Å². The van der Waals surface area contributed by atoms with E-state index in [0.717, 1.165) is 23.8 Å². The second-order valence-corrected chi connectivity index (χ2v) is 6.24. The van der Waals surface area contributed by atoms with E-state index in [0.29, 0.717) is 32.1 Å². The number of hydrogen-bond acceptors (Lipinski definition) is 7. The lowest BCUT2D eigenvalue weighted by Crippen LogP contribution is -2.35. The van der Waals surface area contributed by atoms with Crippen LogP contribution in [0.5, 0.6) is 0 Å². The number of carboxylic acid groups (broad SMARTS) is 1. The monoisotopic (exact) mass is 345 g/mol. The summed E-state index contributed by atoms with van der Waals surface area (Å²) < 4.78 is 5.39. The van der Waals surface area contributed by atoms with Crippen molar-refractivity contribution in [3.63, 3.8) is 0 Å². The molecule has 25 heavy (non-hydrogen) atoms. The van der Waals surface area contributed by atoms with Gasteiger partial charge in [0, 0.05) is 45.0 Å². The van der Waals surface area contributed by atoms with E-state index in [-0.39, 0.29) is 0 Å². The molecule has 8 nitrogen and oxygen atoms in total. The van der Waals surface area contributed by atoms with Crippen LogP contribution in [-0.2, 0) is 11.3 Å². The van der Waals surface area contributed by atoms with E-state index in [1.807, 2.05) is 30.0 Å². The summed E-state index contributed by atoms with van der Waals surface area (Å²) in [5, 5.41) is 12.6. The Labute approximate surface area is 146 Å². The summed E-state index contributed by atoms with van der Waals surface area (Å²) in [6.45, 7) is 4.74. The van der Waals surface area contributed by atoms with Crippen molar-refractivity contribution >= 4 is 17.7 Å². The fourth-order valence-electron chi connectivity index (χ4n) is 3.01. The van der Waals surface area contributed by atoms with Crippen molar-refractivity contribution < 1.29 is 14.3 Å². The quantitative estimate of drug-likeness (QED) is 0.841. The minimum absolute atomic E-state index is 0.386. The van der Waals surface area contributed by atoms with Crippen molar-refractivity contribution in [2.24, 2.45) is 5.92 Å². The number of nitrogens with zero attached hydrogens (tertiary/aromatic N) is 4. The molecule has 0 amide bonds. The van der Waals surface area contributed by atoms with Gasteiger partial charge in [-0.2, -0.15) is 4.98 Å². The van der Waals surface area contributed by atoms with Crippen LogP contribution in [-0.4, -0.2) is 59.2 Å². The number of carboxylic acids is 1. The molecule has 1 atom stereocenters. The van der Waals surface area contributed by atoms with Crippen molar-refractivity contribution in [2.75, 3.05) is 43.4 Å². The molecule has 2 N–H and O–H groups in total. The van der Waals surface area contributed by atoms with E-state index in [1.165, 1.54) is 0 Å². The third-order valence-electron chi connectivity index (χ3n) is 4.30. The molecule has 1 fully saturated rings. The molecule has 0 aliphatic carbocycles. The van der Waals surface area contributed by atoms with Crippen LogP contribution in [0.1, 0.15) is 11.5 Å². The topological polar surface area (TPSA) is 94.7 Å². The van der Waals surface area contributed by atoms with Gasteiger partial charge in [0.1, 0.15) is 11.6 Å². The molecule has 1 saturated heterocycles. The van der Waals surface area contributed by atoms with E-state index in [9.17, 15) is 9.90 Å². The van der Waals surface area contributed by atoms with Gasteiger partial charge in [-0.05, 0) is 19.1 Å². The Hall–Kier alpha value is -2.61. The zero-order valence-electron chi connectivity index (χ0n) is 14.5. The van der Waals surface area contributed by atoms with Gasteiger partial charge in [-0.3, -0.25) is 9.69 Å². The molecule has 8 heteroatoms. The molecule has 0 bridgehead atoms. The molecule has 0 unspecified atom stereocenters. The lowest BCUT2D eigenvalue weighted by Gasteiger charge is -2.22. The number of aryl methyl sites for hydroxylation is 1. The number of rotatable bonds is 5. The van der Waals surface area contributed by atoms with Crippen molar-refractivity contribution in [1.29, 1.82) is 0 Å². The van der Waals surface area contributed by atoms with E-state index >= 15 is 0 Å². The van der Waals surface area contributed by atoms with Crippen LogP contribution in [0.2, 0.25) is 0 Å². The van der Waals surface area contributed by atoms with Crippen LogP contribution in [0.3, 0.4) is 0 Å². The Morgan fingerprint density at radius 3 is 2.92 bits per heavy atom. The highest BCUT2D eigenvalue weighted by Crippen LogP contribution is 2.19. The summed E-state index contributed by atoms with van der Waals surface area (Å²) in [4.78, 5) is 24.7. The lowest BCUT2D eigenvalue weighted by atomic mass is 10.1. The van der Waals surface area contributed by atoms with Gasteiger partial charge in [0.05, 0.1) is 18.7 Å². The van der Waals surface area contributed by atoms with E-state index in [1.54, 1.807) is 13.3 Å². The lowest BCUT2D eigenvalue weighted by molar-refractivity contribution is -0.141. The molecule has 0 aromatic carbocycles. The zero-order valence-corrected chi connectivity index (χ0v) is 14.5. The molecule has 0 saturated carbocycles. The summed E-state index contributed by atoms with van der Waals surface area (Å²) in [5.74, 6) is 0.806. The highest BCUT2D eigenvalue weighted by molar-refractivity contribution is 5.71. The number of aliphatic carboxylic acids is 1. The molecule has 3 rings (SSSR count). The van der Waals surface area contributed by atoms with E-state index < -0.39 is 11.9 Å². The first-order chi connectivity index (χ1) is 12.0. The average Bonchev–Trinajstić information content (AvgIpc) is 2.99. The third kappa shape index (κ3) is 4.27. The van der Waals surface area contributed by atoms with Gasteiger partial charge in [0.25, 0.3) is 0 Å². The maximum Gasteiger partial charge on any atom is 0.309 e. The first kappa shape index (κ1) is 17.2. The molecule has 0 radical (unpaired) electrons. The van der Waals surface area contributed by atoms with Gasteiger partial charge in [0.2, 0.25) is 5.95 Å². The number of anilines is 2. The number of hydrogen-bond donors (Lipinski definition) is 2. The minimum atomic E-state index is -0.808. The summed E-state index contributed by atoms with van der Waals surface area (Å²) >= 11 is 0. The van der Waals surface area contributed by atoms with E-state index in [4.69, 9.17) is 4.42 Å². The predicted molar refractivity (Wildman–Crippen MR) is 93.6 cm³/mol. The Balaban J connectivity index is 1.79. The fourth-order valence-corrected chi connectivity index (χ4v) is 3.01. The largest absolute Gasteiger partial charge is 0.481 e. The second kappa shape index (κ2) is 7.52. The van der Waals surface area contributed by atoms with Gasteiger partial charge in [-0.25, -0.2) is 4.98 Å². The number of aromatic nitrogens is 2. The van der Waals surface area contributed by atoms with Crippen LogP contribution in [0.15, 0.2) is 28.9 Å². The van der Waals surface area contributed by atoms with Crippen molar-refractivity contribution in [2.45, 2.75) is 13.5 Å². The van der Waals surface area contributed by atoms with Gasteiger partial charge < -0.3 is 19.7 Å². The summed E-state index contributed by atoms with van der Waals surface area (Å²) in [7, 11) is 1.80. The predicted octanol–water partition coefficient (Wildman–Crippen LogP) is 1.44. The van der Waals surface area contributed by atoms with Gasteiger partial charge in [-0.1, -0.05) is 0 Å². The molecular weight excluding hydrogens is 322 g/mol. The van der Waals surface area contributed by atoms with Crippen LogP contribution >= 0.6 is 0 Å². The van der Waals surface area contributed by atoms with Crippen molar-refractivity contribution in [3.05, 3.63) is 35.9 Å². The average molecular weight is 345 g/mol. The Kier molecular flexibility index (Phi) is 5.18. The molecule has 3 heterocycles. The molecule has 1 aliphatic rings. The van der Waals surface area contributed by atoms with Crippen LogP contribution < -0.4 is 10.2 Å². The fraction of sp³-hybridized carbons (Fsp3) is 0.471. The minimum Gasteiger partial charge on any atom is -0.481 e. The highest BCUT2D eigenvalue weighted by Gasteiger charge is 2.29. The summed E-state index contributed by atoms with van der Waals surface area (Å²) in [6.07, 6.45) is 1.63. The SMILES string of the molecule is CNc1cc(C)nc(N2CCN(Cc3ccco3)C[C@@H](C(=O)O)C2)n1. The number of furan rings is 1. The number of nitrogens with one attached hydrogen (secondary N) is 1. The third-order valence-corrected chi connectivity index (χ3v) is 4.30. The van der Waals surface area contributed by atoms with Gasteiger partial charge >= 0.3 is 5.97 Å².